The van der Waals surface area contributed by atoms with Crippen LogP contribution in [-0.2, 0) is 4.79 Å². The van der Waals surface area contributed by atoms with Gasteiger partial charge in [-0.2, -0.15) is 0 Å². The summed E-state index contributed by atoms with van der Waals surface area (Å²) in [7, 11) is 1.58. The molecule has 0 aliphatic heterocycles. The van der Waals surface area contributed by atoms with E-state index in [2.05, 4.69) is 17.4 Å². The van der Waals surface area contributed by atoms with Gasteiger partial charge in [0.25, 0.3) is 0 Å². The molecule has 108 valence electrons. The molecule has 1 aliphatic carbocycles. The molecule has 0 radical (unpaired) electrons. The number of benzene rings is 2. The van der Waals surface area contributed by atoms with Crippen molar-refractivity contribution in [3.05, 3.63) is 59.1 Å². The zero-order valence-electron chi connectivity index (χ0n) is 11.7. The minimum atomic E-state index is 0.0240. The summed E-state index contributed by atoms with van der Waals surface area (Å²) in [4.78, 5) is 12.3. The third-order valence-electron chi connectivity index (χ3n) is 3.79. The number of halogens is 1. The number of anilines is 1. The van der Waals surface area contributed by atoms with Crippen molar-refractivity contribution in [3.8, 4) is 5.75 Å². The van der Waals surface area contributed by atoms with Crippen LogP contribution in [0.5, 0.6) is 5.75 Å². The van der Waals surface area contributed by atoms with Crippen LogP contribution in [-0.4, -0.2) is 13.0 Å². The molecule has 0 bridgehead atoms. The average Bonchev–Trinajstić information content (AvgIpc) is 3.31. The largest absolute Gasteiger partial charge is 0.497 e. The van der Waals surface area contributed by atoms with Crippen LogP contribution in [0.1, 0.15) is 17.9 Å². The van der Waals surface area contributed by atoms with Gasteiger partial charge in [-0.25, -0.2) is 0 Å². The second-order valence-electron chi connectivity index (χ2n) is 5.19. The van der Waals surface area contributed by atoms with Crippen molar-refractivity contribution in [1.29, 1.82) is 0 Å². The number of nitrogens with one attached hydrogen (secondary N) is 1. The van der Waals surface area contributed by atoms with Crippen LogP contribution >= 0.6 is 11.6 Å². The molecule has 0 aromatic heterocycles. The highest BCUT2D eigenvalue weighted by Crippen LogP contribution is 2.48. The van der Waals surface area contributed by atoms with Crippen molar-refractivity contribution in [2.24, 2.45) is 5.92 Å². The monoisotopic (exact) mass is 301 g/mol. The summed E-state index contributed by atoms with van der Waals surface area (Å²) < 4.78 is 5.09. The quantitative estimate of drug-likeness (QED) is 0.923. The molecule has 1 aliphatic rings. The molecule has 2 atom stereocenters. The van der Waals surface area contributed by atoms with E-state index in [1.165, 1.54) is 5.56 Å². The SMILES string of the molecule is COc1ccc(NC(=O)C2CC2c2ccccc2)c(Cl)c1. The van der Waals surface area contributed by atoms with Gasteiger partial charge in [-0.05, 0) is 30.0 Å². The first kappa shape index (κ1) is 14.0. The van der Waals surface area contributed by atoms with Crippen molar-refractivity contribution in [2.45, 2.75) is 12.3 Å². The number of methoxy groups -OCH3 is 1. The molecule has 2 unspecified atom stereocenters. The van der Waals surface area contributed by atoms with E-state index in [-0.39, 0.29) is 11.8 Å². The molecule has 21 heavy (non-hydrogen) atoms. The summed E-state index contributed by atoms with van der Waals surface area (Å²) >= 11 is 6.14. The molecule has 3 rings (SSSR count). The van der Waals surface area contributed by atoms with Crippen LogP contribution in [0.3, 0.4) is 0 Å². The Morgan fingerprint density at radius 1 is 1.24 bits per heavy atom. The lowest BCUT2D eigenvalue weighted by atomic mass is 10.1. The van der Waals surface area contributed by atoms with E-state index in [0.29, 0.717) is 22.4 Å². The van der Waals surface area contributed by atoms with Gasteiger partial charge in [-0.3, -0.25) is 4.79 Å². The number of carbonyl (C=O) groups is 1. The van der Waals surface area contributed by atoms with Crippen LogP contribution < -0.4 is 10.1 Å². The molecular weight excluding hydrogens is 286 g/mol. The van der Waals surface area contributed by atoms with E-state index in [0.717, 1.165) is 6.42 Å². The minimum Gasteiger partial charge on any atom is -0.497 e. The molecular formula is C17H16ClNO2. The van der Waals surface area contributed by atoms with E-state index in [9.17, 15) is 4.79 Å². The van der Waals surface area contributed by atoms with Gasteiger partial charge >= 0.3 is 0 Å². The van der Waals surface area contributed by atoms with E-state index in [1.807, 2.05) is 18.2 Å². The highest BCUT2D eigenvalue weighted by molar-refractivity contribution is 6.33. The van der Waals surface area contributed by atoms with Gasteiger partial charge in [-0.15, -0.1) is 0 Å². The smallest absolute Gasteiger partial charge is 0.228 e. The molecule has 4 heteroatoms. The summed E-state index contributed by atoms with van der Waals surface area (Å²) in [5.41, 5.74) is 1.85. The second kappa shape index (κ2) is 5.78. The van der Waals surface area contributed by atoms with E-state index in [1.54, 1.807) is 25.3 Å². The Morgan fingerprint density at radius 2 is 2.00 bits per heavy atom. The summed E-state index contributed by atoms with van der Waals surface area (Å²) in [6, 6.07) is 15.4. The van der Waals surface area contributed by atoms with Crippen molar-refractivity contribution in [2.75, 3.05) is 12.4 Å². The Labute approximate surface area is 128 Å². The Hall–Kier alpha value is -2.00. The number of ether oxygens (including phenoxy) is 1. The topological polar surface area (TPSA) is 38.3 Å². The standard InChI is InChI=1S/C17H16ClNO2/c1-21-12-7-8-16(15(18)9-12)19-17(20)14-10-13(14)11-5-3-2-4-6-11/h2-9,13-14H,10H2,1H3,(H,19,20). The average molecular weight is 302 g/mol. The molecule has 1 amide bonds. The van der Waals surface area contributed by atoms with E-state index >= 15 is 0 Å². The van der Waals surface area contributed by atoms with E-state index < -0.39 is 0 Å². The van der Waals surface area contributed by atoms with Gasteiger partial charge in [0.1, 0.15) is 5.75 Å². The van der Waals surface area contributed by atoms with Crippen LogP contribution in [0, 0.1) is 5.92 Å². The lowest BCUT2D eigenvalue weighted by Gasteiger charge is -2.08. The summed E-state index contributed by atoms with van der Waals surface area (Å²) in [5, 5.41) is 3.38. The fourth-order valence-electron chi connectivity index (χ4n) is 2.50. The predicted octanol–water partition coefficient (Wildman–Crippen LogP) is 4.09. The zero-order valence-corrected chi connectivity index (χ0v) is 12.4. The second-order valence-corrected chi connectivity index (χ2v) is 5.60. The number of rotatable bonds is 4. The molecule has 0 heterocycles. The Balaban J connectivity index is 1.66. The zero-order chi connectivity index (χ0) is 14.8. The highest BCUT2D eigenvalue weighted by atomic mass is 35.5. The fraction of sp³-hybridized carbons (Fsp3) is 0.235. The van der Waals surface area contributed by atoms with Crippen molar-refractivity contribution < 1.29 is 9.53 Å². The molecule has 3 nitrogen and oxygen atoms in total. The van der Waals surface area contributed by atoms with E-state index in [4.69, 9.17) is 16.3 Å². The van der Waals surface area contributed by atoms with Gasteiger partial charge in [-0.1, -0.05) is 41.9 Å². The number of amides is 1. The molecule has 1 fully saturated rings. The summed E-state index contributed by atoms with van der Waals surface area (Å²) in [5.74, 6) is 1.05. The third-order valence-corrected chi connectivity index (χ3v) is 4.10. The number of hydrogen-bond acceptors (Lipinski definition) is 2. The minimum absolute atomic E-state index is 0.0240. The van der Waals surface area contributed by atoms with Gasteiger partial charge < -0.3 is 10.1 Å². The first-order chi connectivity index (χ1) is 10.2. The number of carbonyl (C=O) groups excluding carboxylic acids is 1. The van der Waals surface area contributed by atoms with Gasteiger partial charge in [0, 0.05) is 12.0 Å². The highest BCUT2D eigenvalue weighted by Gasteiger charge is 2.43. The third kappa shape index (κ3) is 3.03. The normalized spacial score (nSPS) is 19.9. The van der Waals surface area contributed by atoms with Crippen molar-refractivity contribution in [1.82, 2.24) is 0 Å². The van der Waals surface area contributed by atoms with Crippen LogP contribution in [0.15, 0.2) is 48.5 Å². The van der Waals surface area contributed by atoms with Crippen molar-refractivity contribution in [3.63, 3.8) is 0 Å². The molecule has 1 N–H and O–H groups in total. The maximum atomic E-state index is 12.3. The summed E-state index contributed by atoms with van der Waals surface area (Å²) in [6.45, 7) is 0. The van der Waals surface area contributed by atoms with Crippen LogP contribution in [0.4, 0.5) is 5.69 Å². The molecule has 2 aromatic carbocycles. The first-order valence-electron chi connectivity index (χ1n) is 6.88. The van der Waals surface area contributed by atoms with Crippen LogP contribution in [0.25, 0.3) is 0 Å². The fourth-order valence-corrected chi connectivity index (χ4v) is 2.72. The molecule has 0 spiro atoms. The molecule has 1 saturated carbocycles. The Bertz CT molecular complexity index is 657. The summed E-state index contributed by atoms with van der Waals surface area (Å²) in [6.07, 6.45) is 0.892. The Morgan fingerprint density at radius 3 is 2.67 bits per heavy atom. The predicted molar refractivity (Wildman–Crippen MR) is 83.9 cm³/mol. The van der Waals surface area contributed by atoms with Gasteiger partial charge in [0.2, 0.25) is 5.91 Å². The maximum Gasteiger partial charge on any atom is 0.228 e. The van der Waals surface area contributed by atoms with Gasteiger partial charge in [0.15, 0.2) is 0 Å². The molecule has 0 saturated heterocycles. The Kier molecular flexibility index (Phi) is 3.84. The number of hydrogen-bond donors (Lipinski definition) is 1. The first-order valence-corrected chi connectivity index (χ1v) is 7.26. The lowest BCUT2D eigenvalue weighted by molar-refractivity contribution is -0.117. The lowest BCUT2D eigenvalue weighted by Crippen LogP contribution is -2.14. The molecule has 2 aromatic rings. The van der Waals surface area contributed by atoms with Crippen molar-refractivity contribution >= 4 is 23.2 Å². The van der Waals surface area contributed by atoms with Gasteiger partial charge in [0.05, 0.1) is 17.8 Å². The van der Waals surface area contributed by atoms with Crippen LogP contribution in [0.2, 0.25) is 5.02 Å². The maximum absolute atomic E-state index is 12.3.